The summed E-state index contributed by atoms with van der Waals surface area (Å²) in [6, 6.07) is 4.86. The van der Waals surface area contributed by atoms with Gasteiger partial charge in [-0.15, -0.1) is 0 Å². The normalized spacial score (nSPS) is 11.5. The molecule has 0 heterocycles. The second kappa shape index (κ2) is 7.58. The molecule has 0 aliphatic rings. The van der Waals surface area contributed by atoms with Crippen molar-refractivity contribution in [3.63, 3.8) is 0 Å². The molecular formula is C13H16ClN3O3. The van der Waals surface area contributed by atoms with Crippen LogP contribution in [0.25, 0.3) is 0 Å². The van der Waals surface area contributed by atoms with Gasteiger partial charge in [-0.2, -0.15) is 5.26 Å². The fourth-order valence-electron chi connectivity index (χ4n) is 1.63. The second-order valence-electron chi connectivity index (χ2n) is 3.91. The van der Waals surface area contributed by atoms with Gasteiger partial charge in [-0.1, -0.05) is 18.5 Å². The fraction of sp³-hybridized carbons (Fsp3) is 0.385. The van der Waals surface area contributed by atoms with Crippen molar-refractivity contribution >= 4 is 17.5 Å². The zero-order valence-corrected chi connectivity index (χ0v) is 12.0. The Bertz CT molecular complexity index is 528. The molecule has 1 aromatic carbocycles. The third kappa shape index (κ3) is 4.02. The van der Waals surface area contributed by atoms with E-state index in [0.29, 0.717) is 17.9 Å². The Hall–Kier alpha value is -1.97. The Balaban J connectivity index is 3.12. The van der Waals surface area contributed by atoms with E-state index in [4.69, 9.17) is 32.1 Å². The first-order valence-electron chi connectivity index (χ1n) is 5.95. The Kier molecular flexibility index (Phi) is 6.10. The summed E-state index contributed by atoms with van der Waals surface area (Å²) in [6.45, 7) is 2.23. The van der Waals surface area contributed by atoms with Crippen molar-refractivity contribution < 1.29 is 14.3 Å². The largest absolute Gasteiger partial charge is 0.493 e. The summed E-state index contributed by atoms with van der Waals surface area (Å²) in [4.78, 5) is 10.8. The molecule has 0 saturated carbocycles. The van der Waals surface area contributed by atoms with Gasteiger partial charge < -0.3 is 15.2 Å². The number of nitrogens with zero attached hydrogens (tertiary/aromatic N) is 1. The number of halogens is 1. The van der Waals surface area contributed by atoms with Crippen LogP contribution in [-0.2, 0) is 4.79 Å². The van der Waals surface area contributed by atoms with Crippen LogP contribution in [0, 0.1) is 11.3 Å². The Morgan fingerprint density at radius 1 is 1.60 bits per heavy atom. The third-order valence-electron chi connectivity index (χ3n) is 2.48. The second-order valence-corrected chi connectivity index (χ2v) is 4.32. The molecule has 0 bridgehead atoms. The zero-order chi connectivity index (χ0) is 15.1. The minimum atomic E-state index is -0.616. The first-order valence-corrected chi connectivity index (χ1v) is 6.32. The van der Waals surface area contributed by atoms with Crippen molar-refractivity contribution in [3.8, 4) is 17.6 Å². The van der Waals surface area contributed by atoms with E-state index in [2.05, 4.69) is 11.4 Å². The SMILES string of the molecule is CCNC(C#N)c1cc(Cl)c(OCC(N)=O)c(OC)c1. The number of hydrogen-bond acceptors (Lipinski definition) is 5. The molecule has 0 fully saturated rings. The van der Waals surface area contributed by atoms with Gasteiger partial charge in [0.05, 0.1) is 18.2 Å². The van der Waals surface area contributed by atoms with Crippen LogP contribution in [-0.4, -0.2) is 26.2 Å². The summed E-state index contributed by atoms with van der Waals surface area (Å²) in [7, 11) is 1.45. The highest BCUT2D eigenvalue weighted by Crippen LogP contribution is 2.37. The number of ether oxygens (including phenoxy) is 2. The van der Waals surface area contributed by atoms with Gasteiger partial charge in [0, 0.05) is 0 Å². The maximum absolute atomic E-state index is 10.8. The summed E-state index contributed by atoms with van der Waals surface area (Å²) >= 11 is 6.10. The molecule has 7 heteroatoms. The number of nitrogens with one attached hydrogen (secondary N) is 1. The summed E-state index contributed by atoms with van der Waals surface area (Å²) in [6.07, 6.45) is 0. The zero-order valence-electron chi connectivity index (χ0n) is 11.3. The van der Waals surface area contributed by atoms with E-state index in [9.17, 15) is 4.79 Å². The van der Waals surface area contributed by atoms with Gasteiger partial charge in [-0.05, 0) is 24.2 Å². The van der Waals surface area contributed by atoms with Crippen LogP contribution in [0.3, 0.4) is 0 Å². The highest BCUT2D eigenvalue weighted by Gasteiger charge is 2.17. The molecule has 1 rings (SSSR count). The van der Waals surface area contributed by atoms with Crippen LogP contribution in [0.15, 0.2) is 12.1 Å². The Morgan fingerprint density at radius 2 is 2.30 bits per heavy atom. The van der Waals surface area contributed by atoms with Gasteiger partial charge in [-0.3, -0.25) is 10.1 Å². The predicted octanol–water partition coefficient (Wildman–Crippen LogP) is 1.39. The average molecular weight is 298 g/mol. The number of methoxy groups -OCH3 is 1. The van der Waals surface area contributed by atoms with Crippen molar-refractivity contribution in [2.24, 2.45) is 5.73 Å². The number of hydrogen-bond donors (Lipinski definition) is 2. The fourth-order valence-corrected chi connectivity index (χ4v) is 1.91. The van der Waals surface area contributed by atoms with Crippen LogP contribution in [0.4, 0.5) is 0 Å². The molecule has 3 N–H and O–H groups in total. The number of carbonyl (C=O) groups excluding carboxylic acids is 1. The molecule has 0 aromatic heterocycles. The minimum Gasteiger partial charge on any atom is -0.493 e. The molecule has 0 saturated heterocycles. The van der Waals surface area contributed by atoms with Crippen LogP contribution < -0.4 is 20.5 Å². The molecule has 6 nitrogen and oxygen atoms in total. The maximum Gasteiger partial charge on any atom is 0.255 e. The van der Waals surface area contributed by atoms with E-state index in [1.165, 1.54) is 7.11 Å². The van der Waals surface area contributed by atoms with Crippen molar-refractivity contribution in [1.82, 2.24) is 5.32 Å². The van der Waals surface area contributed by atoms with Crippen molar-refractivity contribution in [2.75, 3.05) is 20.3 Å². The molecule has 1 atom stereocenters. The predicted molar refractivity (Wildman–Crippen MR) is 74.7 cm³/mol. The summed E-state index contributed by atoms with van der Waals surface area (Å²) < 4.78 is 10.4. The highest BCUT2D eigenvalue weighted by atomic mass is 35.5. The van der Waals surface area contributed by atoms with Gasteiger partial charge in [0.1, 0.15) is 6.04 Å². The Morgan fingerprint density at radius 3 is 2.80 bits per heavy atom. The minimum absolute atomic E-state index is 0.227. The number of benzene rings is 1. The first-order chi connectivity index (χ1) is 9.53. The molecule has 0 radical (unpaired) electrons. The molecule has 1 amide bonds. The molecule has 1 unspecified atom stereocenters. The number of nitriles is 1. The van der Waals surface area contributed by atoms with E-state index in [0.717, 1.165) is 0 Å². The third-order valence-corrected chi connectivity index (χ3v) is 2.76. The van der Waals surface area contributed by atoms with Crippen molar-refractivity contribution in [3.05, 3.63) is 22.7 Å². The lowest BCUT2D eigenvalue weighted by Gasteiger charge is -2.16. The van der Waals surface area contributed by atoms with Crippen LogP contribution >= 0.6 is 11.6 Å². The molecule has 0 aliphatic heterocycles. The lowest BCUT2D eigenvalue weighted by molar-refractivity contribution is -0.119. The molecule has 0 aliphatic carbocycles. The highest BCUT2D eigenvalue weighted by molar-refractivity contribution is 6.32. The van der Waals surface area contributed by atoms with E-state index in [1.807, 2.05) is 6.92 Å². The molecular weight excluding hydrogens is 282 g/mol. The van der Waals surface area contributed by atoms with Gasteiger partial charge in [0.2, 0.25) is 0 Å². The van der Waals surface area contributed by atoms with Gasteiger partial charge in [0.15, 0.2) is 18.1 Å². The van der Waals surface area contributed by atoms with Crippen molar-refractivity contribution in [2.45, 2.75) is 13.0 Å². The number of nitrogens with two attached hydrogens (primary N) is 1. The molecule has 1 aromatic rings. The monoisotopic (exact) mass is 297 g/mol. The lowest BCUT2D eigenvalue weighted by atomic mass is 10.1. The molecule has 20 heavy (non-hydrogen) atoms. The first kappa shape index (κ1) is 16.1. The number of primary amides is 1. The summed E-state index contributed by atoms with van der Waals surface area (Å²) in [5, 5.41) is 12.4. The molecule has 108 valence electrons. The maximum atomic E-state index is 10.8. The van der Waals surface area contributed by atoms with E-state index >= 15 is 0 Å². The van der Waals surface area contributed by atoms with Gasteiger partial charge in [0.25, 0.3) is 5.91 Å². The molecule has 0 spiro atoms. The number of rotatable bonds is 7. The van der Waals surface area contributed by atoms with Crippen LogP contribution in [0.2, 0.25) is 5.02 Å². The van der Waals surface area contributed by atoms with Crippen LogP contribution in [0.1, 0.15) is 18.5 Å². The topological polar surface area (TPSA) is 97.4 Å². The van der Waals surface area contributed by atoms with E-state index < -0.39 is 11.9 Å². The smallest absolute Gasteiger partial charge is 0.255 e. The van der Waals surface area contributed by atoms with E-state index in [1.54, 1.807) is 12.1 Å². The van der Waals surface area contributed by atoms with Gasteiger partial charge in [-0.25, -0.2) is 0 Å². The van der Waals surface area contributed by atoms with Crippen molar-refractivity contribution in [1.29, 1.82) is 5.26 Å². The standard InChI is InChI=1S/C13H16ClN3O3/c1-3-17-10(6-15)8-4-9(14)13(11(5-8)19-2)20-7-12(16)18/h4-5,10,17H,3,7H2,1-2H3,(H2,16,18). The van der Waals surface area contributed by atoms with E-state index in [-0.39, 0.29) is 17.4 Å². The lowest BCUT2D eigenvalue weighted by Crippen LogP contribution is -2.21. The summed E-state index contributed by atoms with van der Waals surface area (Å²) in [5.41, 5.74) is 5.68. The number of amides is 1. The number of carbonyl (C=O) groups is 1. The van der Waals surface area contributed by atoms with Gasteiger partial charge >= 0.3 is 0 Å². The summed E-state index contributed by atoms with van der Waals surface area (Å²) in [5.74, 6) is -0.0495. The quantitative estimate of drug-likeness (QED) is 0.792. The Labute approximate surface area is 122 Å². The van der Waals surface area contributed by atoms with Crippen LogP contribution in [0.5, 0.6) is 11.5 Å². The average Bonchev–Trinajstić information content (AvgIpc) is 2.42.